The van der Waals surface area contributed by atoms with Gasteiger partial charge in [0, 0.05) is 79.9 Å². The van der Waals surface area contributed by atoms with Crippen LogP contribution in [0.15, 0.2) is 261 Å². The minimum atomic E-state index is 0.216. The second kappa shape index (κ2) is 18.4. The highest BCUT2D eigenvalue weighted by atomic mass is 32.1. The molecule has 0 aliphatic rings. The van der Waals surface area contributed by atoms with Gasteiger partial charge in [-0.05, 0) is 142 Å². The molecule has 0 aliphatic carbocycles. The van der Waals surface area contributed by atoms with Gasteiger partial charge in [-0.1, -0.05) is 183 Å². The van der Waals surface area contributed by atoms with Gasteiger partial charge in [-0.3, -0.25) is 0 Å². The summed E-state index contributed by atoms with van der Waals surface area (Å²) >= 11 is 3.79. The summed E-state index contributed by atoms with van der Waals surface area (Å²) in [6.45, 7) is 4.58. The summed E-state index contributed by atoms with van der Waals surface area (Å²) < 4.78 is 7.42. The molecule has 0 bridgehead atoms. The number of hydrogen-bond acceptors (Lipinski definition) is 2. The lowest BCUT2D eigenvalue weighted by Gasteiger charge is -2.20. The molecule has 11 aromatic carbocycles. The van der Waals surface area contributed by atoms with Crippen molar-refractivity contribution in [1.82, 2.24) is 9.13 Å². The van der Waals surface area contributed by atoms with Gasteiger partial charge in [0.25, 0.3) is 0 Å². The van der Waals surface area contributed by atoms with Gasteiger partial charge in [0.05, 0.1) is 22.1 Å². The van der Waals surface area contributed by atoms with Crippen molar-refractivity contribution >= 4 is 86.5 Å². The molecule has 1 atom stereocenters. The Balaban J connectivity index is 0.931. The Morgan fingerprint density at radius 3 is 1.31 bits per heavy atom. The van der Waals surface area contributed by atoms with Crippen LogP contribution in [0.2, 0.25) is 0 Å². The first-order valence-electron chi connectivity index (χ1n) is 26.6. The lowest BCUT2D eigenvalue weighted by atomic mass is 9.84. The number of fused-ring (bicyclic) bond motifs is 8. The highest BCUT2D eigenvalue weighted by Gasteiger charge is 2.24. The van der Waals surface area contributed by atoms with Crippen LogP contribution < -0.4 is 0 Å². The zero-order chi connectivity index (χ0) is 51.1. The van der Waals surface area contributed by atoms with Gasteiger partial charge in [0.1, 0.15) is 0 Å². The van der Waals surface area contributed by atoms with Crippen molar-refractivity contribution in [3.8, 4) is 65.6 Å². The summed E-state index contributed by atoms with van der Waals surface area (Å²) in [5.41, 5.74) is 21.0. The highest BCUT2D eigenvalue weighted by Crippen LogP contribution is 2.50. The van der Waals surface area contributed by atoms with E-state index in [4.69, 9.17) is 0 Å². The van der Waals surface area contributed by atoms with Gasteiger partial charge in [0.2, 0.25) is 0 Å². The molecule has 0 aliphatic heterocycles. The largest absolute Gasteiger partial charge is 0.309 e. The molecule has 4 heterocycles. The number of aryl methyl sites for hydroxylation is 1. The summed E-state index contributed by atoms with van der Waals surface area (Å²) in [6, 6.07) is 96.9. The third-order valence-electron chi connectivity index (χ3n) is 16.0. The molecule has 15 rings (SSSR count). The van der Waals surface area contributed by atoms with Crippen molar-refractivity contribution in [2.75, 3.05) is 0 Å². The molecular weight excluding hydrogens is 969 g/mol. The first-order chi connectivity index (χ1) is 38.0. The monoisotopic (exact) mass is 1020 g/mol. The fraction of sp³-hybridized carbons (Fsp3) is 0.0411. The van der Waals surface area contributed by atoms with E-state index in [1.165, 1.54) is 135 Å². The third-order valence-corrected chi connectivity index (χ3v) is 18.5. The summed E-state index contributed by atoms with van der Waals surface area (Å²) in [6.07, 6.45) is 0. The lowest BCUT2D eigenvalue weighted by molar-refractivity contribution is 0.925. The SMILES string of the molecule is Cc1ccccc1-c1cc(-c2c(-c3ccc4c(c3)c3cc(-c5sc6ccccc6c5-c5ccc6c(c5)c5ccccc5n6-c5ccccc5)ccc3n4-c3ccccc3)sc3ccccc23)ccc1[C@@H](C)c1ccccc1. The van der Waals surface area contributed by atoms with Crippen molar-refractivity contribution in [2.24, 2.45) is 0 Å². The Hall–Kier alpha value is -9.06. The van der Waals surface area contributed by atoms with E-state index < -0.39 is 0 Å². The van der Waals surface area contributed by atoms with Crippen molar-refractivity contribution in [1.29, 1.82) is 0 Å². The first kappa shape index (κ1) is 45.3. The first-order valence-corrected chi connectivity index (χ1v) is 28.2. The average molecular weight is 1020 g/mol. The summed E-state index contributed by atoms with van der Waals surface area (Å²) in [5, 5.41) is 7.53. The molecule has 0 radical (unpaired) electrons. The molecule has 2 nitrogen and oxygen atoms in total. The topological polar surface area (TPSA) is 9.86 Å². The maximum absolute atomic E-state index is 2.48. The van der Waals surface area contributed by atoms with Crippen LogP contribution in [0.3, 0.4) is 0 Å². The number of para-hydroxylation sites is 3. The minimum Gasteiger partial charge on any atom is -0.309 e. The Bertz CT molecular complexity index is 4760. The van der Waals surface area contributed by atoms with Crippen LogP contribution in [0.1, 0.15) is 29.5 Å². The van der Waals surface area contributed by atoms with E-state index in [2.05, 4.69) is 284 Å². The molecule has 0 saturated heterocycles. The molecule has 0 amide bonds. The second-order valence-corrected chi connectivity index (χ2v) is 22.5. The van der Waals surface area contributed by atoms with Gasteiger partial charge in [0.15, 0.2) is 0 Å². The van der Waals surface area contributed by atoms with E-state index in [9.17, 15) is 0 Å². The van der Waals surface area contributed by atoms with Crippen LogP contribution in [0.25, 0.3) is 129 Å². The molecule has 0 fully saturated rings. The van der Waals surface area contributed by atoms with Crippen LogP contribution in [0, 0.1) is 6.92 Å². The molecule has 4 aromatic heterocycles. The molecule has 0 spiro atoms. The van der Waals surface area contributed by atoms with Crippen LogP contribution in [-0.4, -0.2) is 9.13 Å². The number of hydrogen-bond donors (Lipinski definition) is 0. The second-order valence-electron chi connectivity index (χ2n) is 20.4. The molecule has 0 unspecified atom stereocenters. The van der Waals surface area contributed by atoms with E-state index in [1.807, 2.05) is 22.7 Å². The molecule has 77 heavy (non-hydrogen) atoms. The van der Waals surface area contributed by atoms with Crippen LogP contribution in [0.4, 0.5) is 0 Å². The summed E-state index contributed by atoms with van der Waals surface area (Å²) in [4.78, 5) is 2.55. The standard InChI is InChI=1S/C73H50N2S2/c1-46-20-12-13-27-55(46)60-42-49(34-38-56(60)47(2)48-21-6-3-7-22-48)70-58-29-15-18-32-68(58)76-72(70)51-36-40-66-62(44-51)63-45-52(37-41-67(63)75(66)54-25-10-5-11-26-54)73-71(59-30-16-19-33-69(59)77-73)50-35-39-65-61(43-50)57-28-14-17-31-64(57)74(65)53-23-8-4-9-24-53/h3-45,47H,1-2H3/t47-/m0/s1. The number of rotatable bonds is 9. The average Bonchev–Trinajstić information content (AvgIpc) is 4.39. The Morgan fingerprint density at radius 2 is 0.740 bits per heavy atom. The van der Waals surface area contributed by atoms with Crippen LogP contribution in [-0.2, 0) is 0 Å². The Kier molecular flexibility index (Phi) is 10.8. The summed E-state index contributed by atoms with van der Waals surface area (Å²) in [7, 11) is 0. The van der Waals surface area contributed by atoms with Gasteiger partial charge >= 0.3 is 0 Å². The van der Waals surface area contributed by atoms with E-state index in [0.717, 1.165) is 11.4 Å². The van der Waals surface area contributed by atoms with Crippen molar-refractivity contribution < 1.29 is 0 Å². The molecule has 0 saturated carbocycles. The van der Waals surface area contributed by atoms with Gasteiger partial charge < -0.3 is 9.13 Å². The predicted octanol–water partition coefficient (Wildman–Crippen LogP) is 21.1. The van der Waals surface area contributed by atoms with E-state index in [1.54, 1.807) is 0 Å². The van der Waals surface area contributed by atoms with Crippen molar-refractivity contribution in [3.63, 3.8) is 0 Å². The number of thiophene rings is 2. The van der Waals surface area contributed by atoms with Crippen LogP contribution in [0.5, 0.6) is 0 Å². The normalized spacial score (nSPS) is 12.2. The fourth-order valence-electron chi connectivity index (χ4n) is 12.3. The van der Waals surface area contributed by atoms with E-state index >= 15 is 0 Å². The van der Waals surface area contributed by atoms with Gasteiger partial charge in [-0.25, -0.2) is 0 Å². The lowest BCUT2D eigenvalue weighted by Crippen LogP contribution is -2.00. The zero-order valence-corrected chi connectivity index (χ0v) is 44.2. The smallest absolute Gasteiger partial charge is 0.0541 e. The van der Waals surface area contributed by atoms with Crippen molar-refractivity contribution in [3.05, 3.63) is 278 Å². The highest BCUT2D eigenvalue weighted by molar-refractivity contribution is 7.23. The number of benzene rings is 11. The zero-order valence-electron chi connectivity index (χ0n) is 42.6. The predicted molar refractivity (Wildman–Crippen MR) is 332 cm³/mol. The minimum absolute atomic E-state index is 0.216. The number of nitrogens with zero attached hydrogens (tertiary/aromatic N) is 2. The maximum Gasteiger partial charge on any atom is 0.0541 e. The molecule has 0 N–H and O–H groups in total. The van der Waals surface area contributed by atoms with Gasteiger partial charge in [-0.2, -0.15) is 0 Å². The molecular formula is C73H50N2S2. The summed E-state index contributed by atoms with van der Waals surface area (Å²) in [5.74, 6) is 0.216. The Morgan fingerprint density at radius 1 is 0.325 bits per heavy atom. The quantitative estimate of drug-likeness (QED) is 0.136. The fourth-order valence-corrected chi connectivity index (χ4v) is 14.8. The van der Waals surface area contributed by atoms with E-state index in [-0.39, 0.29) is 5.92 Å². The molecule has 364 valence electrons. The third kappa shape index (κ3) is 7.43. The van der Waals surface area contributed by atoms with Crippen LogP contribution >= 0.6 is 22.7 Å². The van der Waals surface area contributed by atoms with E-state index in [0.29, 0.717) is 0 Å². The number of aromatic nitrogens is 2. The molecule has 15 aromatic rings. The Labute approximate surface area is 455 Å². The maximum atomic E-state index is 2.48. The molecule has 4 heteroatoms. The van der Waals surface area contributed by atoms with Crippen molar-refractivity contribution in [2.45, 2.75) is 19.8 Å². The van der Waals surface area contributed by atoms with Gasteiger partial charge in [-0.15, -0.1) is 22.7 Å².